The van der Waals surface area contributed by atoms with Gasteiger partial charge in [-0.05, 0) is 14.0 Å². The second-order valence-corrected chi connectivity index (χ2v) is 3.81. The molecule has 0 fully saturated rings. The summed E-state index contributed by atoms with van der Waals surface area (Å²) in [4.78, 5) is 31.6. The van der Waals surface area contributed by atoms with Crippen molar-refractivity contribution in [1.29, 1.82) is 0 Å². The average Bonchev–Trinajstić information content (AvgIpc) is 2.29. The minimum atomic E-state index is -1.07. The van der Waals surface area contributed by atoms with Gasteiger partial charge in [-0.3, -0.25) is 9.69 Å². The molecule has 0 bridgehead atoms. The second-order valence-electron chi connectivity index (χ2n) is 3.81. The molecule has 1 aromatic heterocycles. The van der Waals surface area contributed by atoms with Crippen LogP contribution in [0, 0.1) is 0 Å². The number of amides is 1. The first-order valence-corrected chi connectivity index (χ1v) is 5.52. The van der Waals surface area contributed by atoms with Crippen molar-refractivity contribution in [1.82, 2.24) is 20.2 Å². The highest BCUT2D eigenvalue weighted by atomic mass is 16.4. The standard InChI is InChI=1S/C11H16N4O3/c1-3-13-10(16)6-15(2)5-9-8(11(17)18)4-12-7-14-9/h4,7H,3,5-6H2,1-2H3,(H,13,16)(H,17,18). The summed E-state index contributed by atoms with van der Waals surface area (Å²) in [5.41, 5.74) is 0.449. The molecule has 0 aliphatic rings. The number of nitrogens with one attached hydrogen (secondary N) is 1. The molecule has 0 aromatic carbocycles. The molecule has 0 aliphatic carbocycles. The Morgan fingerprint density at radius 2 is 2.22 bits per heavy atom. The number of carboxylic acids is 1. The Morgan fingerprint density at radius 3 is 2.83 bits per heavy atom. The summed E-state index contributed by atoms with van der Waals surface area (Å²) in [5.74, 6) is -1.18. The molecule has 7 nitrogen and oxygen atoms in total. The van der Waals surface area contributed by atoms with E-state index < -0.39 is 5.97 Å². The van der Waals surface area contributed by atoms with Crippen molar-refractivity contribution < 1.29 is 14.7 Å². The van der Waals surface area contributed by atoms with E-state index in [0.29, 0.717) is 12.2 Å². The van der Waals surface area contributed by atoms with Gasteiger partial charge in [0.1, 0.15) is 11.9 Å². The van der Waals surface area contributed by atoms with Crippen LogP contribution >= 0.6 is 0 Å². The lowest BCUT2D eigenvalue weighted by molar-refractivity contribution is -0.121. The highest BCUT2D eigenvalue weighted by Gasteiger charge is 2.14. The number of carbonyl (C=O) groups is 2. The van der Waals surface area contributed by atoms with Crippen LogP contribution in [-0.4, -0.2) is 52.0 Å². The summed E-state index contributed by atoms with van der Waals surface area (Å²) in [6, 6.07) is 0. The topological polar surface area (TPSA) is 95.4 Å². The Balaban J connectivity index is 2.67. The zero-order valence-corrected chi connectivity index (χ0v) is 10.4. The van der Waals surface area contributed by atoms with Gasteiger partial charge >= 0.3 is 5.97 Å². The minimum Gasteiger partial charge on any atom is -0.478 e. The van der Waals surface area contributed by atoms with Crippen LogP contribution in [0.3, 0.4) is 0 Å². The molecule has 0 saturated heterocycles. The van der Waals surface area contributed by atoms with Gasteiger partial charge in [-0.1, -0.05) is 0 Å². The molecule has 0 spiro atoms. The van der Waals surface area contributed by atoms with Gasteiger partial charge in [0.05, 0.1) is 12.2 Å². The van der Waals surface area contributed by atoms with E-state index in [4.69, 9.17) is 5.11 Å². The number of nitrogens with zero attached hydrogens (tertiary/aromatic N) is 3. The first-order valence-electron chi connectivity index (χ1n) is 5.52. The molecule has 1 aromatic rings. The fourth-order valence-corrected chi connectivity index (χ4v) is 1.47. The lowest BCUT2D eigenvalue weighted by Crippen LogP contribution is -2.35. The third-order valence-electron chi connectivity index (χ3n) is 2.23. The van der Waals surface area contributed by atoms with Crippen LogP contribution in [0.2, 0.25) is 0 Å². The Labute approximate surface area is 105 Å². The van der Waals surface area contributed by atoms with Crippen molar-refractivity contribution in [2.75, 3.05) is 20.1 Å². The maximum absolute atomic E-state index is 11.4. The van der Waals surface area contributed by atoms with Gasteiger partial charge in [0.15, 0.2) is 0 Å². The Hall–Kier alpha value is -2.02. The quantitative estimate of drug-likeness (QED) is 0.724. The Bertz CT molecular complexity index is 436. The van der Waals surface area contributed by atoms with E-state index in [9.17, 15) is 9.59 Å². The first kappa shape index (κ1) is 14.0. The van der Waals surface area contributed by atoms with Gasteiger partial charge in [-0.25, -0.2) is 14.8 Å². The molecule has 0 atom stereocenters. The van der Waals surface area contributed by atoms with Gasteiger partial charge in [0, 0.05) is 19.3 Å². The lowest BCUT2D eigenvalue weighted by atomic mass is 10.2. The van der Waals surface area contributed by atoms with Crippen molar-refractivity contribution in [3.63, 3.8) is 0 Å². The fraction of sp³-hybridized carbons (Fsp3) is 0.455. The van der Waals surface area contributed by atoms with Gasteiger partial charge in [0.25, 0.3) is 0 Å². The predicted octanol–water partition coefficient (Wildman–Crippen LogP) is -0.257. The molecule has 1 amide bonds. The van der Waals surface area contributed by atoms with Crippen molar-refractivity contribution in [2.24, 2.45) is 0 Å². The third kappa shape index (κ3) is 4.10. The van der Waals surface area contributed by atoms with Gasteiger partial charge in [-0.15, -0.1) is 0 Å². The highest BCUT2D eigenvalue weighted by Crippen LogP contribution is 2.06. The van der Waals surface area contributed by atoms with E-state index in [0.717, 1.165) is 0 Å². The fourth-order valence-electron chi connectivity index (χ4n) is 1.47. The Morgan fingerprint density at radius 1 is 1.50 bits per heavy atom. The van der Waals surface area contributed by atoms with E-state index in [2.05, 4.69) is 15.3 Å². The highest BCUT2D eigenvalue weighted by molar-refractivity contribution is 5.88. The minimum absolute atomic E-state index is 0.0558. The number of carboxylic acid groups (broad SMARTS) is 1. The van der Waals surface area contributed by atoms with Crippen molar-refractivity contribution in [2.45, 2.75) is 13.5 Å². The number of hydrogen-bond donors (Lipinski definition) is 2. The van der Waals surface area contributed by atoms with Crippen molar-refractivity contribution in [3.05, 3.63) is 23.8 Å². The largest absolute Gasteiger partial charge is 0.478 e. The normalized spacial score (nSPS) is 10.4. The molecule has 2 N–H and O–H groups in total. The molecule has 7 heteroatoms. The number of aromatic nitrogens is 2. The summed E-state index contributed by atoms with van der Waals surface area (Å²) < 4.78 is 0. The summed E-state index contributed by atoms with van der Waals surface area (Å²) in [7, 11) is 1.73. The molecule has 0 aliphatic heterocycles. The second kappa shape index (κ2) is 6.65. The number of aromatic carboxylic acids is 1. The number of likely N-dealkylation sites (N-methyl/N-ethyl adjacent to an activating group) is 2. The van der Waals surface area contributed by atoms with E-state index in [1.54, 1.807) is 11.9 Å². The van der Waals surface area contributed by atoms with E-state index >= 15 is 0 Å². The van der Waals surface area contributed by atoms with E-state index in [1.165, 1.54) is 12.5 Å². The summed E-state index contributed by atoms with van der Waals surface area (Å²) in [6.07, 6.45) is 2.55. The number of hydrogen-bond acceptors (Lipinski definition) is 5. The number of carbonyl (C=O) groups excluding carboxylic acids is 1. The maximum Gasteiger partial charge on any atom is 0.339 e. The van der Waals surface area contributed by atoms with Crippen molar-refractivity contribution in [3.8, 4) is 0 Å². The first-order chi connectivity index (χ1) is 8.54. The molecule has 18 heavy (non-hydrogen) atoms. The van der Waals surface area contributed by atoms with Crippen LogP contribution in [0.5, 0.6) is 0 Å². The molecule has 98 valence electrons. The molecule has 0 unspecified atom stereocenters. The summed E-state index contributed by atoms with van der Waals surface area (Å²) in [5, 5.41) is 11.6. The van der Waals surface area contributed by atoms with E-state index in [1.807, 2.05) is 6.92 Å². The van der Waals surface area contributed by atoms with Crippen LogP contribution in [0.1, 0.15) is 23.0 Å². The predicted molar refractivity (Wildman–Crippen MR) is 64.0 cm³/mol. The lowest BCUT2D eigenvalue weighted by Gasteiger charge is -2.16. The Kier molecular flexibility index (Phi) is 5.19. The smallest absolute Gasteiger partial charge is 0.339 e. The third-order valence-corrected chi connectivity index (χ3v) is 2.23. The van der Waals surface area contributed by atoms with Crippen LogP contribution in [0.25, 0.3) is 0 Å². The van der Waals surface area contributed by atoms with Crippen molar-refractivity contribution >= 4 is 11.9 Å². The molecule has 1 heterocycles. The van der Waals surface area contributed by atoms with Crippen LogP contribution in [0.4, 0.5) is 0 Å². The van der Waals surface area contributed by atoms with Gasteiger partial charge in [-0.2, -0.15) is 0 Å². The molecular formula is C11H16N4O3. The zero-order chi connectivity index (χ0) is 13.5. The summed E-state index contributed by atoms with van der Waals surface area (Å²) in [6.45, 7) is 2.88. The monoisotopic (exact) mass is 252 g/mol. The average molecular weight is 252 g/mol. The SMILES string of the molecule is CCNC(=O)CN(C)Cc1ncncc1C(=O)O. The van der Waals surface area contributed by atoms with Crippen LogP contribution < -0.4 is 5.32 Å². The molecular weight excluding hydrogens is 236 g/mol. The molecule has 1 rings (SSSR count). The summed E-state index contributed by atoms with van der Waals surface area (Å²) >= 11 is 0. The van der Waals surface area contributed by atoms with Crippen LogP contribution in [0.15, 0.2) is 12.5 Å². The zero-order valence-electron chi connectivity index (χ0n) is 10.4. The van der Waals surface area contributed by atoms with Gasteiger partial charge in [0.2, 0.25) is 5.91 Å². The molecule has 0 radical (unpaired) electrons. The number of rotatable bonds is 6. The maximum atomic E-state index is 11.4. The van der Waals surface area contributed by atoms with E-state index in [-0.39, 0.29) is 24.6 Å². The van der Waals surface area contributed by atoms with Crippen LogP contribution in [-0.2, 0) is 11.3 Å². The molecule has 0 saturated carbocycles. The van der Waals surface area contributed by atoms with Gasteiger partial charge < -0.3 is 10.4 Å².